The summed E-state index contributed by atoms with van der Waals surface area (Å²) in [6.07, 6.45) is -3.18. The van der Waals surface area contributed by atoms with Gasteiger partial charge in [0.2, 0.25) is 5.91 Å². The molecular weight excluding hydrogens is 350 g/mol. The lowest BCUT2D eigenvalue weighted by molar-refractivity contribution is -0.137. The number of nitrogens with one attached hydrogen (secondary N) is 1. The van der Waals surface area contributed by atoms with Gasteiger partial charge in [-0.05, 0) is 48.7 Å². The third-order valence-electron chi connectivity index (χ3n) is 3.59. The van der Waals surface area contributed by atoms with Gasteiger partial charge in [-0.3, -0.25) is 4.79 Å². The van der Waals surface area contributed by atoms with Crippen LogP contribution in [0.25, 0.3) is 0 Å². The quantitative estimate of drug-likeness (QED) is 0.555. The van der Waals surface area contributed by atoms with Crippen molar-refractivity contribution < 1.29 is 27.1 Å². The number of amides is 1. The molecule has 0 fully saturated rings. The van der Waals surface area contributed by atoms with Crippen LogP contribution in [-0.4, -0.2) is 19.1 Å². The minimum Gasteiger partial charge on any atom is -0.494 e. The van der Waals surface area contributed by atoms with E-state index in [2.05, 4.69) is 5.32 Å². The molecule has 0 aliphatic heterocycles. The van der Waals surface area contributed by atoms with Crippen molar-refractivity contribution in [1.29, 1.82) is 0 Å². The molecule has 7 heteroatoms. The predicted octanol–water partition coefficient (Wildman–Crippen LogP) is 4.36. The third-order valence-corrected chi connectivity index (χ3v) is 3.59. The molecule has 0 radical (unpaired) electrons. The van der Waals surface area contributed by atoms with Crippen LogP contribution < -0.4 is 10.1 Å². The number of unbranched alkanes of at least 4 members (excludes halogenated alkanes) is 1. The molecule has 0 aromatic heterocycles. The largest absolute Gasteiger partial charge is 0.494 e. The lowest BCUT2D eigenvalue weighted by Crippen LogP contribution is -2.26. The van der Waals surface area contributed by atoms with Crippen LogP contribution >= 0.6 is 0 Å². The number of hydrogen-bond acceptors (Lipinski definition) is 2. The van der Waals surface area contributed by atoms with Gasteiger partial charge in [0.15, 0.2) is 0 Å². The molecule has 0 spiro atoms. The van der Waals surface area contributed by atoms with Gasteiger partial charge in [0, 0.05) is 6.54 Å². The molecule has 3 nitrogen and oxygen atoms in total. The highest BCUT2D eigenvalue weighted by Crippen LogP contribution is 2.29. The maximum atomic E-state index is 12.7. The molecule has 2 aromatic carbocycles. The summed E-state index contributed by atoms with van der Waals surface area (Å²) < 4.78 is 56.1. The van der Waals surface area contributed by atoms with Gasteiger partial charge in [0.25, 0.3) is 0 Å². The van der Waals surface area contributed by atoms with Gasteiger partial charge in [0.1, 0.15) is 11.6 Å². The highest BCUT2D eigenvalue weighted by Gasteiger charge is 2.30. The van der Waals surface area contributed by atoms with Crippen molar-refractivity contribution in [2.45, 2.75) is 25.4 Å². The first-order valence-corrected chi connectivity index (χ1v) is 8.16. The van der Waals surface area contributed by atoms with Crippen molar-refractivity contribution in [1.82, 2.24) is 5.32 Å². The molecule has 140 valence electrons. The summed E-state index contributed by atoms with van der Waals surface area (Å²) in [5.74, 6) is -0.0930. The zero-order chi connectivity index (χ0) is 19.0. The fourth-order valence-electron chi connectivity index (χ4n) is 2.28. The molecule has 0 unspecified atom stereocenters. The first-order chi connectivity index (χ1) is 12.3. The van der Waals surface area contributed by atoms with Crippen molar-refractivity contribution in [2.75, 3.05) is 13.2 Å². The molecule has 1 N–H and O–H groups in total. The Bertz CT molecular complexity index is 714. The fourth-order valence-corrected chi connectivity index (χ4v) is 2.28. The third kappa shape index (κ3) is 6.74. The van der Waals surface area contributed by atoms with E-state index in [1.807, 2.05) is 0 Å². The molecular formula is C19H19F4NO2. The number of benzene rings is 2. The van der Waals surface area contributed by atoms with Crippen LogP contribution in [0.15, 0.2) is 48.5 Å². The predicted molar refractivity (Wildman–Crippen MR) is 89.3 cm³/mol. The molecule has 0 bridgehead atoms. The van der Waals surface area contributed by atoms with E-state index in [4.69, 9.17) is 4.74 Å². The van der Waals surface area contributed by atoms with E-state index in [9.17, 15) is 22.4 Å². The van der Waals surface area contributed by atoms with Gasteiger partial charge in [-0.2, -0.15) is 13.2 Å². The first kappa shape index (κ1) is 19.8. The normalized spacial score (nSPS) is 11.2. The summed E-state index contributed by atoms with van der Waals surface area (Å²) in [6.45, 7) is 0.833. The standard InChI is InChI=1S/C19H19F4NO2/c20-16-6-8-17(9-7-16)26-11-2-1-10-24-18(25)13-14-4-3-5-15(12-14)19(21,22)23/h3-9,12H,1-2,10-11,13H2,(H,24,25). The summed E-state index contributed by atoms with van der Waals surface area (Å²) in [6, 6.07) is 10.4. The summed E-state index contributed by atoms with van der Waals surface area (Å²) >= 11 is 0. The Balaban J connectivity index is 1.64. The number of carbonyl (C=O) groups excluding carboxylic acids is 1. The molecule has 0 aliphatic rings. The molecule has 0 atom stereocenters. The average molecular weight is 369 g/mol. The molecule has 0 heterocycles. The van der Waals surface area contributed by atoms with E-state index < -0.39 is 11.7 Å². The van der Waals surface area contributed by atoms with Crippen molar-refractivity contribution in [3.8, 4) is 5.75 Å². The molecule has 0 aliphatic carbocycles. The second-order valence-electron chi connectivity index (χ2n) is 5.73. The van der Waals surface area contributed by atoms with Crippen molar-refractivity contribution >= 4 is 5.91 Å². The van der Waals surface area contributed by atoms with Gasteiger partial charge in [-0.25, -0.2) is 4.39 Å². The number of hydrogen-bond donors (Lipinski definition) is 1. The maximum absolute atomic E-state index is 12.7. The van der Waals surface area contributed by atoms with Gasteiger partial charge < -0.3 is 10.1 Å². The Hall–Kier alpha value is -2.57. The fraction of sp³-hybridized carbons (Fsp3) is 0.316. The molecule has 2 aromatic rings. The van der Waals surface area contributed by atoms with E-state index in [1.165, 1.54) is 36.4 Å². The average Bonchev–Trinajstić information content (AvgIpc) is 2.59. The van der Waals surface area contributed by atoms with E-state index in [0.717, 1.165) is 12.1 Å². The molecule has 0 saturated carbocycles. The maximum Gasteiger partial charge on any atom is 0.416 e. The van der Waals surface area contributed by atoms with Gasteiger partial charge in [-0.15, -0.1) is 0 Å². The second-order valence-corrected chi connectivity index (χ2v) is 5.73. The zero-order valence-electron chi connectivity index (χ0n) is 14.0. The van der Waals surface area contributed by atoms with Gasteiger partial charge in [-0.1, -0.05) is 18.2 Å². The number of alkyl halides is 3. The molecule has 2 rings (SSSR count). The number of ether oxygens (including phenoxy) is 1. The highest BCUT2D eigenvalue weighted by molar-refractivity contribution is 5.78. The Labute approximate surface area is 149 Å². The lowest BCUT2D eigenvalue weighted by atomic mass is 10.1. The van der Waals surface area contributed by atoms with Crippen LogP contribution in [0.1, 0.15) is 24.0 Å². The molecule has 26 heavy (non-hydrogen) atoms. The molecule has 0 saturated heterocycles. The smallest absolute Gasteiger partial charge is 0.416 e. The zero-order valence-corrected chi connectivity index (χ0v) is 14.0. The minimum atomic E-state index is -4.42. The lowest BCUT2D eigenvalue weighted by Gasteiger charge is -2.09. The summed E-state index contributed by atoms with van der Waals surface area (Å²) in [5, 5.41) is 2.67. The Kier molecular flexibility index (Phi) is 7.00. The van der Waals surface area contributed by atoms with Crippen LogP contribution in [0.3, 0.4) is 0 Å². The summed E-state index contributed by atoms with van der Waals surface area (Å²) in [4.78, 5) is 11.8. The van der Waals surface area contributed by atoms with E-state index in [1.54, 1.807) is 0 Å². The van der Waals surface area contributed by atoms with Crippen LogP contribution in [0.2, 0.25) is 0 Å². The van der Waals surface area contributed by atoms with Crippen molar-refractivity contribution in [2.24, 2.45) is 0 Å². The highest BCUT2D eigenvalue weighted by atomic mass is 19.4. The van der Waals surface area contributed by atoms with E-state index >= 15 is 0 Å². The van der Waals surface area contributed by atoms with Crippen LogP contribution in [-0.2, 0) is 17.4 Å². The Morgan fingerprint density at radius 2 is 1.77 bits per heavy atom. The number of halogens is 4. The SMILES string of the molecule is O=C(Cc1cccc(C(F)(F)F)c1)NCCCCOc1ccc(F)cc1. The monoisotopic (exact) mass is 369 g/mol. The number of carbonyl (C=O) groups is 1. The first-order valence-electron chi connectivity index (χ1n) is 8.16. The van der Waals surface area contributed by atoms with Gasteiger partial charge in [0.05, 0.1) is 18.6 Å². The topological polar surface area (TPSA) is 38.3 Å². The van der Waals surface area contributed by atoms with Crippen molar-refractivity contribution in [3.63, 3.8) is 0 Å². The van der Waals surface area contributed by atoms with E-state index in [0.29, 0.717) is 37.3 Å². The number of rotatable bonds is 8. The van der Waals surface area contributed by atoms with Crippen LogP contribution in [0, 0.1) is 5.82 Å². The van der Waals surface area contributed by atoms with Crippen molar-refractivity contribution in [3.05, 3.63) is 65.5 Å². The Morgan fingerprint density at radius 3 is 2.46 bits per heavy atom. The molecule has 1 amide bonds. The second kappa shape index (κ2) is 9.22. The minimum absolute atomic E-state index is 0.101. The summed E-state index contributed by atoms with van der Waals surface area (Å²) in [7, 11) is 0. The van der Waals surface area contributed by atoms with Gasteiger partial charge >= 0.3 is 6.18 Å². The Morgan fingerprint density at radius 1 is 1.04 bits per heavy atom. The van der Waals surface area contributed by atoms with Crippen LogP contribution in [0.5, 0.6) is 5.75 Å². The van der Waals surface area contributed by atoms with E-state index in [-0.39, 0.29) is 18.1 Å². The van der Waals surface area contributed by atoms with Crippen LogP contribution in [0.4, 0.5) is 17.6 Å². The summed E-state index contributed by atoms with van der Waals surface area (Å²) in [5.41, 5.74) is -0.447.